The maximum Gasteiger partial charge on any atom is 0.268 e. The third-order valence-electron chi connectivity index (χ3n) is 3.68. The number of hydrogen-bond acceptors (Lipinski definition) is 3. The number of amides is 1. The molecule has 0 radical (unpaired) electrons. The van der Waals surface area contributed by atoms with E-state index in [1.807, 2.05) is 25.1 Å². The quantitative estimate of drug-likeness (QED) is 0.922. The molecule has 4 heteroatoms. The van der Waals surface area contributed by atoms with Gasteiger partial charge < -0.3 is 14.7 Å². The molecule has 1 N–H and O–H groups in total. The molecule has 3 rings (SSSR count). The van der Waals surface area contributed by atoms with E-state index >= 15 is 0 Å². The molecular formula is C17H17NO3. The number of likely N-dealkylation sites (N-methyl/N-ethyl adjacent to an activating group) is 1. The highest BCUT2D eigenvalue weighted by Gasteiger charge is 2.32. The summed E-state index contributed by atoms with van der Waals surface area (Å²) in [4.78, 5) is 14.0. The second-order valence-electron chi connectivity index (χ2n) is 5.35. The number of carbonyl (C=O) groups is 1. The minimum Gasteiger partial charge on any atom is -0.508 e. The Kier molecular flexibility index (Phi) is 3.29. The Hall–Kier alpha value is -2.49. The number of anilines is 1. The van der Waals surface area contributed by atoms with E-state index in [4.69, 9.17) is 4.74 Å². The molecule has 0 saturated carbocycles. The maximum absolute atomic E-state index is 12.4. The summed E-state index contributed by atoms with van der Waals surface area (Å²) < 4.78 is 5.79. The molecule has 1 amide bonds. The first-order valence-electron chi connectivity index (χ1n) is 6.87. The minimum absolute atomic E-state index is 0.0744. The van der Waals surface area contributed by atoms with E-state index in [2.05, 4.69) is 6.07 Å². The molecule has 108 valence electrons. The number of fused-ring (bicyclic) bond motifs is 1. The summed E-state index contributed by atoms with van der Waals surface area (Å²) in [5.41, 5.74) is 2.89. The number of aromatic hydroxyl groups is 1. The van der Waals surface area contributed by atoms with E-state index in [1.54, 1.807) is 30.1 Å². The Morgan fingerprint density at radius 2 is 2.05 bits per heavy atom. The highest BCUT2D eigenvalue weighted by Crippen LogP contribution is 2.36. The maximum atomic E-state index is 12.4. The molecule has 0 fully saturated rings. The van der Waals surface area contributed by atoms with Crippen molar-refractivity contribution in [1.82, 2.24) is 0 Å². The fourth-order valence-corrected chi connectivity index (χ4v) is 2.59. The van der Waals surface area contributed by atoms with Gasteiger partial charge in [-0.2, -0.15) is 0 Å². The van der Waals surface area contributed by atoms with Gasteiger partial charge in [-0.25, -0.2) is 0 Å². The van der Waals surface area contributed by atoms with E-state index in [0.29, 0.717) is 17.9 Å². The molecule has 21 heavy (non-hydrogen) atoms. The Morgan fingerprint density at radius 1 is 1.24 bits per heavy atom. The molecular weight excluding hydrogens is 266 g/mol. The average Bonchev–Trinajstić information content (AvgIpc) is 2.44. The summed E-state index contributed by atoms with van der Waals surface area (Å²) in [5, 5.41) is 9.57. The monoisotopic (exact) mass is 283 g/mol. The number of aryl methyl sites for hydroxylation is 1. The van der Waals surface area contributed by atoms with Crippen LogP contribution in [0.4, 0.5) is 5.69 Å². The SMILES string of the molecule is Cc1cccc(CC2Oc3cc(O)ccc3N(C)C2=O)c1. The topological polar surface area (TPSA) is 49.8 Å². The van der Waals surface area contributed by atoms with Crippen molar-refractivity contribution in [3.8, 4) is 11.5 Å². The predicted molar refractivity (Wildman–Crippen MR) is 80.8 cm³/mol. The first-order chi connectivity index (χ1) is 10.0. The van der Waals surface area contributed by atoms with Gasteiger partial charge in [0.25, 0.3) is 5.91 Å². The van der Waals surface area contributed by atoms with Gasteiger partial charge in [-0.3, -0.25) is 4.79 Å². The highest BCUT2D eigenvalue weighted by molar-refractivity contribution is 5.99. The number of phenols is 1. The third kappa shape index (κ3) is 2.57. The van der Waals surface area contributed by atoms with Crippen LogP contribution < -0.4 is 9.64 Å². The van der Waals surface area contributed by atoms with Crippen LogP contribution in [0.1, 0.15) is 11.1 Å². The summed E-state index contributed by atoms with van der Waals surface area (Å²) in [7, 11) is 1.73. The van der Waals surface area contributed by atoms with Crippen molar-refractivity contribution in [3.63, 3.8) is 0 Å². The van der Waals surface area contributed by atoms with Crippen LogP contribution in [0.25, 0.3) is 0 Å². The van der Waals surface area contributed by atoms with Gasteiger partial charge in [0.05, 0.1) is 5.69 Å². The van der Waals surface area contributed by atoms with Crippen LogP contribution in [0.3, 0.4) is 0 Å². The summed E-state index contributed by atoms with van der Waals surface area (Å²) in [5.74, 6) is 0.593. The van der Waals surface area contributed by atoms with E-state index < -0.39 is 6.10 Å². The van der Waals surface area contributed by atoms with Gasteiger partial charge in [0.2, 0.25) is 0 Å². The van der Waals surface area contributed by atoms with Crippen LogP contribution >= 0.6 is 0 Å². The van der Waals surface area contributed by atoms with Gasteiger partial charge >= 0.3 is 0 Å². The lowest BCUT2D eigenvalue weighted by Crippen LogP contribution is -2.44. The van der Waals surface area contributed by atoms with Crippen molar-refractivity contribution in [1.29, 1.82) is 0 Å². The lowest BCUT2D eigenvalue weighted by Gasteiger charge is -2.32. The number of phenolic OH excluding ortho intramolecular Hbond substituents is 1. The van der Waals surface area contributed by atoms with Gasteiger partial charge in [-0.05, 0) is 24.6 Å². The predicted octanol–water partition coefficient (Wildman–Crippen LogP) is 2.67. The Labute approximate surface area is 123 Å². The molecule has 4 nitrogen and oxygen atoms in total. The zero-order valence-electron chi connectivity index (χ0n) is 12.0. The van der Waals surface area contributed by atoms with Crippen molar-refractivity contribution in [2.24, 2.45) is 0 Å². The standard InChI is InChI=1S/C17H17NO3/c1-11-4-3-5-12(8-11)9-16-17(20)18(2)14-7-6-13(19)10-15(14)21-16/h3-8,10,16,19H,9H2,1-2H3. The molecule has 0 aromatic heterocycles. The van der Waals surface area contributed by atoms with Crippen molar-refractivity contribution < 1.29 is 14.6 Å². The molecule has 0 saturated heterocycles. The van der Waals surface area contributed by atoms with Crippen molar-refractivity contribution in [3.05, 3.63) is 53.6 Å². The highest BCUT2D eigenvalue weighted by atomic mass is 16.5. The van der Waals surface area contributed by atoms with Crippen LogP contribution in [0, 0.1) is 6.92 Å². The second kappa shape index (κ2) is 5.13. The third-order valence-corrected chi connectivity index (χ3v) is 3.68. The molecule has 0 bridgehead atoms. The van der Waals surface area contributed by atoms with Crippen LogP contribution in [0.15, 0.2) is 42.5 Å². The average molecular weight is 283 g/mol. The Balaban J connectivity index is 1.89. The van der Waals surface area contributed by atoms with Crippen molar-refractivity contribution in [2.45, 2.75) is 19.4 Å². The number of hydrogen-bond donors (Lipinski definition) is 1. The Morgan fingerprint density at radius 3 is 2.81 bits per heavy atom. The minimum atomic E-state index is -0.564. The summed E-state index contributed by atoms with van der Waals surface area (Å²) in [6.07, 6.45) is -0.0500. The van der Waals surface area contributed by atoms with Crippen LogP contribution in [-0.2, 0) is 11.2 Å². The lowest BCUT2D eigenvalue weighted by molar-refractivity contribution is -0.125. The zero-order chi connectivity index (χ0) is 15.0. The molecule has 0 spiro atoms. The summed E-state index contributed by atoms with van der Waals surface area (Å²) >= 11 is 0. The first-order valence-corrected chi connectivity index (χ1v) is 6.87. The van der Waals surface area contributed by atoms with E-state index in [9.17, 15) is 9.90 Å². The number of ether oxygens (including phenoxy) is 1. The van der Waals surface area contributed by atoms with Gasteiger partial charge in [0, 0.05) is 19.5 Å². The molecule has 1 aliphatic heterocycles. The second-order valence-corrected chi connectivity index (χ2v) is 5.35. The van der Waals surface area contributed by atoms with E-state index in [1.165, 1.54) is 0 Å². The van der Waals surface area contributed by atoms with Crippen molar-refractivity contribution in [2.75, 3.05) is 11.9 Å². The van der Waals surface area contributed by atoms with Gasteiger partial charge in [-0.1, -0.05) is 29.8 Å². The molecule has 2 aromatic rings. The van der Waals surface area contributed by atoms with Crippen LogP contribution in [0.5, 0.6) is 11.5 Å². The molecule has 2 aromatic carbocycles. The smallest absolute Gasteiger partial charge is 0.268 e. The van der Waals surface area contributed by atoms with Gasteiger partial charge in [0.15, 0.2) is 6.10 Å². The van der Waals surface area contributed by atoms with Gasteiger partial charge in [0.1, 0.15) is 11.5 Å². The Bertz CT molecular complexity index is 696. The molecule has 0 aliphatic carbocycles. The van der Waals surface area contributed by atoms with Crippen LogP contribution in [-0.4, -0.2) is 24.2 Å². The van der Waals surface area contributed by atoms with Crippen molar-refractivity contribution >= 4 is 11.6 Å². The fourth-order valence-electron chi connectivity index (χ4n) is 2.59. The molecule has 1 atom stereocenters. The molecule has 1 aliphatic rings. The molecule has 1 heterocycles. The normalized spacial score (nSPS) is 17.3. The molecule has 1 unspecified atom stereocenters. The summed E-state index contributed by atoms with van der Waals surface area (Å²) in [6.45, 7) is 2.02. The largest absolute Gasteiger partial charge is 0.508 e. The fraction of sp³-hybridized carbons (Fsp3) is 0.235. The van der Waals surface area contributed by atoms with E-state index in [-0.39, 0.29) is 11.7 Å². The van der Waals surface area contributed by atoms with Crippen LogP contribution in [0.2, 0.25) is 0 Å². The van der Waals surface area contributed by atoms with Gasteiger partial charge in [-0.15, -0.1) is 0 Å². The zero-order valence-corrected chi connectivity index (χ0v) is 12.0. The van der Waals surface area contributed by atoms with E-state index in [0.717, 1.165) is 11.1 Å². The number of carbonyl (C=O) groups excluding carboxylic acids is 1. The number of rotatable bonds is 2. The first kappa shape index (κ1) is 13.5. The lowest BCUT2D eigenvalue weighted by atomic mass is 10.0. The number of benzene rings is 2. The number of nitrogens with zero attached hydrogens (tertiary/aromatic N) is 1. The summed E-state index contributed by atoms with van der Waals surface area (Å²) in [6, 6.07) is 12.8.